The van der Waals surface area contributed by atoms with E-state index in [4.69, 9.17) is 9.47 Å². The lowest BCUT2D eigenvalue weighted by molar-refractivity contribution is -0.0563. The molecular formula is C15H21NO2. The van der Waals surface area contributed by atoms with E-state index in [1.165, 1.54) is 17.7 Å². The third kappa shape index (κ3) is 2.46. The van der Waals surface area contributed by atoms with Crippen molar-refractivity contribution in [3.63, 3.8) is 0 Å². The number of hydrogen-bond donors (Lipinski definition) is 1. The minimum Gasteiger partial charge on any atom is -0.485 e. The third-order valence-electron chi connectivity index (χ3n) is 3.78. The molecule has 0 aromatic heterocycles. The molecule has 2 aliphatic rings. The van der Waals surface area contributed by atoms with Gasteiger partial charge in [-0.1, -0.05) is 0 Å². The third-order valence-corrected chi connectivity index (χ3v) is 3.78. The van der Waals surface area contributed by atoms with Crippen molar-refractivity contribution in [1.82, 2.24) is 0 Å². The van der Waals surface area contributed by atoms with Gasteiger partial charge in [-0.3, -0.25) is 0 Å². The fraction of sp³-hybridized carbons (Fsp3) is 0.600. The van der Waals surface area contributed by atoms with E-state index < -0.39 is 0 Å². The van der Waals surface area contributed by atoms with Crippen LogP contribution < -0.4 is 10.1 Å². The largest absolute Gasteiger partial charge is 0.485 e. The summed E-state index contributed by atoms with van der Waals surface area (Å²) in [5, 5.41) is 3.42. The summed E-state index contributed by atoms with van der Waals surface area (Å²) in [7, 11) is 0. The Balaban J connectivity index is 1.76. The second kappa shape index (κ2) is 4.81. The van der Waals surface area contributed by atoms with Crippen molar-refractivity contribution >= 4 is 5.69 Å². The number of anilines is 1. The lowest BCUT2D eigenvalue weighted by Crippen LogP contribution is -2.41. The Hall–Kier alpha value is -1.22. The summed E-state index contributed by atoms with van der Waals surface area (Å²) in [5.41, 5.74) is 2.48. The second-order valence-corrected chi connectivity index (χ2v) is 5.56. The van der Waals surface area contributed by atoms with Crippen molar-refractivity contribution in [1.29, 1.82) is 0 Å². The summed E-state index contributed by atoms with van der Waals surface area (Å²) in [6.07, 6.45) is 4.51. The van der Waals surface area contributed by atoms with Crippen molar-refractivity contribution in [2.24, 2.45) is 0 Å². The molecule has 1 aromatic rings. The Labute approximate surface area is 108 Å². The van der Waals surface area contributed by atoms with E-state index in [-0.39, 0.29) is 5.60 Å². The predicted molar refractivity (Wildman–Crippen MR) is 72.3 cm³/mol. The number of fused-ring (bicyclic) bond motifs is 1. The quantitative estimate of drug-likeness (QED) is 0.871. The average molecular weight is 247 g/mol. The van der Waals surface area contributed by atoms with Crippen LogP contribution >= 0.6 is 0 Å². The maximum Gasteiger partial charge on any atom is 0.129 e. The number of aryl methyl sites for hydroxylation is 1. The minimum atomic E-state index is -0.158. The summed E-state index contributed by atoms with van der Waals surface area (Å²) in [6, 6.07) is 6.38. The summed E-state index contributed by atoms with van der Waals surface area (Å²) >= 11 is 0. The Morgan fingerprint density at radius 2 is 2.28 bits per heavy atom. The monoisotopic (exact) mass is 247 g/mol. The van der Waals surface area contributed by atoms with E-state index in [0.29, 0.717) is 6.61 Å². The molecule has 3 nitrogen and oxygen atoms in total. The van der Waals surface area contributed by atoms with Gasteiger partial charge in [-0.25, -0.2) is 0 Å². The van der Waals surface area contributed by atoms with Crippen LogP contribution in [0.4, 0.5) is 5.69 Å². The average Bonchev–Trinajstić information content (AvgIpc) is 2.39. The van der Waals surface area contributed by atoms with Crippen LogP contribution in [0.2, 0.25) is 0 Å². The van der Waals surface area contributed by atoms with Gasteiger partial charge in [0, 0.05) is 18.8 Å². The molecule has 1 atom stereocenters. The van der Waals surface area contributed by atoms with Gasteiger partial charge in [-0.05, 0) is 56.4 Å². The Morgan fingerprint density at radius 3 is 3.11 bits per heavy atom. The topological polar surface area (TPSA) is 30.5 Å². The van der Waals surface area contributed by atoms with E-state index in [1.54, 1.807) is 0 Å². The van der Waals surface area contributed by atoms with Crippen LogP contribution in [0.25, 0.3) is 0 Å². The van der Waals surface area contributed by atoms with Crippen molar-refractivity contribution in [3.05, 3.63) is 23.8 Å². The van der Waals surface area contributed by atoms with Gasteiger partial charge < -0.3 is 14.8 Å². The molecule has 1 fully saturated rings. The van der Waals surface area contributed by atoms with Gasteiger partial charge in [-0.15, -0.1) is 0 Å². The van der Waals surface area contributed by atoms with Gasteiger partial charge in [-0.2, -0.15) is 0 Å². The van der Waals surface area contributed by atoms with Crippen LogP contribution in [0.15, 0.2) is 18.2 Å². The fourth-order valence-corrected chi connectivity index (χ4v) is 2.79. The van der Waals surface area contributed by atoms with Gasteiger partial charge in [0.05, 0.1) is 6.61 Å². The summed E-state index contributed by atoms with van der Waals surface area (Å²) in [4.78, 5) is 0. The maximum absolute atomic E-state index is 6.16. The highest BCUT2D eigenvalue weighted by Crippen LogP contribution is 2.30. The molecule has 0 aliphatic carbocycles. The van der Waals surface area contributed by atoms with E-state index in [2.05, 4.69) is 30.4 Å². The summed E-state index contributed by atoms with van der Waals surface area (Å²) in [6.45, 7) is 4.79. The molecule has 0 radical (unpaired) electrons. The molecule has 18 heavy (non-hydrogen) atoms. The van der Waals surface area contributed by atoms with Gasteiger partial charge in [0.1, 0.15) is 11.4 Å². The number of rotatable bonds is 2. The molecule has 0 spiro atoms. The zero-order chi connectivity index (χ0) is 12.4. The summed E-state index contributed by atoms with van der Waals surface area (Å²) < 4.78 is 11.7. The molecule has 1 unspecified atom stereocenters. The maximum atomic E-state index is 6.16. The molecule has 2 heterocycles. The first kappa shape index (κ1) is 11.8. The first-order valence-corrected chi connectivity index (χ1v) is 6.89. The van der Waals surface area contributed by atoms with Crippen LogP contribution in [0, 0.1) is 0 Å². The number of benzene rings is 1. The molecule has 1 N–H and O–H groups in total. The van der Waals surface area contributed by atoms with E-state index in [0.717, 1.165) is 38.2 Å². The van der Waals surface area contributed by atoms with Gasteiger partial charge >= 0.3 is 0 Å². The molecule has 1 saturated heterocycles. The van der Waals surface area contributed by atoms with E-state index in [1.807, 2.05) is 0 Å². The van der Waals surface area contributed by atoms with Crippen LogP contribution in [0.1, 0.15) is 31.7 Å². The lowest BCUT2D eigenvalue weighted by Gasteiger charge is -2.34. The summed E-state index contributed by atoms with van der Waals surface area (Å²) in [5.74, 6) is 0.977. The van der Waals surface area contributed by atoms with Gasteiger partial charge in [0.15, 0.2) is 0 Å². The molecule has 3 rings (SSSR count). The Bertz CT molecular complexity index is 425. The van der Waals surface area contributed by atoms with Crippen molar-refractivity contribution in [2.45, 2.75) is 38.2 Å². The van der Waals surface area contributed by atoms with Crippen LogP contribution in [0.5, 0.6) is 5.75 Å². The van der Waals surface area contributed by atoms with Crippen LogP contribution in [-0.4, -0.2) is 25.4 Å². The Kier molecular flexibility index (Phi) is 3.16. The SMILES string of the molecule is CC1(Oc2ccc3c(c2)CCCN3)CCCOC1. The van der Waals surface area contributed by atoms with Gasteiger partial charge in [0.2, 0.25) is 0 Å². The van der Waals surface area contributed by atoms with Gasteiger partial charge in [0.25, 0.3) is 0 Å². The highest BCUT2D eigenvalue weighted by Gasteiger charge is 2.29. The minimum absolute atomic E-state index is 0.158. The normalized spacial score (nSPS) is 27.2. The molecule has 0 bridgehead atoms. The second-order valence-electron chi connectivity index (χ2n) is 5.56. The zero-order valence-electron chi connectivity index (χ0n) is 11.0. The number of nitrogens with one attached hydrogen (secondary N) is 1. The van der Waals surface area contributed by atoms with Crippen LogP contribution in [-0.2, 0) is 11.2 Å². The molecule has 0 saturated carbocycles. The molecule has 1 aromatic carbocycles. The molecule has 2 aliphatic heterocycles. The predicted octanol–water partition coefficient (Wildman–Crippen LogP) is 2.99. The molecular weight excluding hydrogens is 226 g/mol. The standard InChI is InChI=1S/C15H21NO2/c1-15(7-3-9-17-11-15)18-13-5-6-14-12(10-13)4-2-8-16-14/h5-6,10,16H,2-4,7-9,11H2,1H3. The van der Waals surface area contributed by atoms with Crippen molar-refractivity contribution in [2.75, 3.05) is 25.1 Å². The number of hydrogen-bond acceptors (Lipinski definition) is 3. The van der Waals surface area contributed by atoms with Crippen LogP contribution in [0.3, 0.4) is 0 Å². The van der Waals surface area contributed by atoms with E-state index in [9.17, 15) is 0 Å². The highest BCUT2D eigenvalue weighted by molar-refractivity contribution is 5.55. The fourth-order valence-electron chi connectivity index (χ4n) is 2.79. The molecule has 3 heteroatoms. The zero-order valence-corrected chi connectivity index (χ0v) is 11.0. The first-order valence-electron chi connectivity index (χ1n) is 6.89. The highest BCUT2D eigenvalue weighted by atomic mass is 16.5. The smallest absolute Gasteiger partial charge is 0.129 e. The molecule has 0 amide bonds. The molecule has 98 valence electrons. The Morgan fingerprint density at radius 1 is 1.33 bits per heavy atom. The van der Waals surface area contributed by atoms with E-state index >= 15 is 0 Å². The number of ether oxygens (including phenoxy) is 2. The van der Waals surface area contributed by atoms with Crippen molar-refractivity contribution in [3.8, 4) is 5.75 Å². The lowest BCUT2D eigenvalue weighted by atomic mass is 9.98. The first-order chi connectivity index (χ1) is 8.75. The van der Waals surface area contributed by atoms with Crippen molar-refractivity contribution < 1.29 is 9.47 Å².